The highest BCUT2D eigenvalue weighted by Crippen LogP contribution is 2.24. The van der Waals surface area contributed by atoms with Gasteiger partial charge in [-0.15, -0.1) is 0 Å². The van der Waals surface area contributed by atoms with E-state index in [0.29, 0.717) is 30.8 Å². The van der Waals surface area contributed by atoms with Crippen molar-refractivity contribution in [1.82, 2.24) is 9.88 Å². The van der Waals surface area contributed by atoms with E-state index < -0.39 is 0 Å². The van der Waals surface area contributed by atoms with Gasteiger partial charge in [-0.2, -0.15) is 4.98 Å². The van der Waals surface area contributed by atoms with E-state index in [1.165, 1.54) is 0 Å². The molecule has 2 N–H and O–H groups in total. The Bertz CT molecular complexity index is 639. The number of nitrogens with zero attached hydrogens (tertiary/aromatic N) is 2. The van der Waals surface area contributed by atoms with Gasteiger partial charge in [-0.05, 0) is 28.1 Å². The first-order chi connectivity index (χ1) is 9.15. The van der Waals surface area contributed by atoms with E-state index >= 15 is 0 Å². The van der Waals surface area contributed by atoms with Gasteiger partial charge in [-0.3, -0.25) is 4.79 Å². The summed E-state index contributed by atoms with van der Waals surface area (Å²) in [6, 6.07) is 7.55. The largest absolute Gasteiger partial charge is 0.427 e. The molecule has 1 aliphatic rings. The summed E-state index contributed by atoms with van der Waals surface area (Å²) in [5, 5.41) is 0. The molecule has 1 amide bonds. The number of carbonyl (C=O) groups is 1. The Morgan fingerprint density at radius 1 is 1.42 bits per heavy atom. The molecule has 0 aliphatic carbocycles. The highest BCUT2D eigenvalue weighted by atomic mass is 79.9. The average molecular weight is 322 g/mol. The average Bonchev–Trinajstić information content (AvgIpc) is 2.77. The Hall–Kier alpha value is -1.82. The minimum atomic E-state index is -0.0203. The smallest absolute Gasteiger partial charge is 0.292 e. The summed E-state index contributed by atoms with van der Waals surface area (Å²) in [6.45, 7) is 1.04. The number of fused-ring (bicyclic) bond motifs is 1. The number of hydrogen-bond donors (Lipinski definition) is 1. The number of hydrogen-bond acceptors (Lipinski definition) is 4. The molecule has 0 saturated carbocycles. The molecular weight excluding hydrogens is 310 g/mol. The zero-order valence-corrected chi connectivity index (χ0v) is 11.7. The van der Waals surface area contributed by atoms with E-state index in [1.807, 2.05) is 18.2 Å². The molecule has 3 rings (SSSR count). The molecule has 1 aromatic heterocycles. The quantitative estimate of drug-likeness (QED) is 0.874. The molecule has 1 aliphatic heterocycles. The lowest BCUT2D eigenvalue weighted by molar-refractivity contribution is 0.0719. The summed E-state index contributed by atoms with van der Waals surface area (Å²) in [6.07, 6.45) is 0.673. The van der Waals surface area contributed by atoms with Crippen molar-refractivity contribution in [2.45, 2.75) is 13.0 Å². The first-order valence-electron chi connectivity index (χ1n) is 5.93. The van der Waals surface area contributed by atoms with Crippen LogP contribution in [0.5, 0.6) is 0 Å². The number of amides is 1. The van der Waals surface area contributed by atoms with Crippen molar-refractivity contribution in [1.29, 1.82) is 0 Å². The Kier molecular flexibility index (Phi) is 3.02. The van der Waals surface area contributed by atoms with Gasteiger partial charge in [0.15, 0.2) is 0 Å². The number of anilines is 1. The molecule has 0 atom stereocenters. The van der Waals surface area contributed by atoms with Crippen molar-refractivity contribution >= 4 is 27.9 Å². The number of carbonyl (C=O) groups excluding carboxylic acids is 1. The number of nitrogen functional groups attached to an aromatic ring is 1. The van der Waals surface area contributed by atoms with Crippen LogP contribution in [0.15, 0.2) is 33.2 Å². The molecule has 0 saturated heterocycles. The van der Waals surface area contributed by atoms with Crippen LogP contribution in [0, 0.1) is 0 Å². The fraction of sp³-hybridized carbons (Fsp3) is 0.231. The van der Waals surface area contributed by atoms with Crippen molar-refractivity contribution in [3.8, 4) is 0 Å². The summed E-state index contributed by atoms with van der Waals surface area (Å²) in [5.41, 5.74) is 7.03. The van der Waals surface area contributed by atoms with Gasteiger partial charge in [0.2, 0.25) is 0 Å². The first kappa shape index (κ1) is 12.2. The second-order valence-corrected chi connectivity index (χ2v) is 5.23. The van der Waals surface area contributed by atoms with Crippen LogP contribution in [0.25, 0.3) is 0 Å². The molecule has 0 bridgehead atoms. The summed E-state index contributed by atoms with van der Waals surface area (Å²) in [4.78, 5) is 18.3. The number of rotatable bonds is 1. The summed E-state index contributed by atoms with van der Waals surface area (Å²) >= 11 is 3.40. The Labute approximate surface area is 118 Å². The maximum Gasteiger partial charge on any atom is 0.292 e. The molecule has 0 fully saturated rings. The molecule has 5 nitrogen and oxygen atoms in total. The number of nitrogens with two attached hydrogens (primary N) is 1. The van der Waals surface area contributed by atoms with Crippen LogP contribution in [0.3, 0.4) is 0 Å². The molecule has 98 valence electrons. The van der Waals surface area contributed by atoms with Gasteiger partial charge in [-0.25, -0.2) is 0 Å². The van der Waals surface area contributed by atoms with Gasteiger partial charge in [-0.1, -0.05) is 12.1 Å². The van der Waals surface area contributed by atoms with Crippen molar-refractivity contribution in [3.05, 3.63) is 45.8 Å². The zero-order valence-electron chi connectivity index (χ0n) is 10.1. The number of benzene rings is 1. The Morgan fingerprint density at radius 2 is 2.21 bits per heavy atom. The van der Waals surface area contributed by atoms with Crippen molar-refractivity contribution in [2.75, 3.05) is 12.3 Å². The number of oxazole rings is 1. The highest BCUT2D eigenvalue weighted by Gasteiger charge is 2.26. The van der Waals surface area contributed by atoms with Crippen LogP contribution in [0.1, 0.15) is 21.8 Å². The maximum atomic E-state index is 12.4. The van der Waals surface area contributed by atoms with Crippen LogP contribution < -0.4 is 5.73 Å². The third-order valence-electron chi connectivity index (χ3n) is 3.14. The molecule has 0 radical (unpaired) electrons. The lowest BCUT2D eigenvalue weighted by Gasteiger charge is -2.25. The molecule has 2 heterocycles. The van der Waals surface area contributed by atoms with Gasteiger partial charge < -0.3 is 15.1 Å². The number of aromatic nitrogens is 1. The SMILES string of the molecule is Nc1nc2c(o1)CN(C(=O)c1ccccc1Br)CC2. The van der Waals surface area contributed by atoms with Crippen LogP contribution in [0.2, 0.25) is 0 Å². The van der Waals surface area contributed by atoms with E-state index in [4.69, 9.17) is 10.2 Å². The summed E-state index contributed by atoms with van der Waals surface area (Å²) < 4.78 is 6.11. The fourth-order valence-electron chi connectivity index (χ4n) is 2.19. The molecule has 6 heteroatoms. The molecular formula is C13H12BrN3O2. The summed E-state index contributed by atoms with van der Waals surface area (Å²) in [7, 11) is 0. The number of halogens is 1. The predicted octanol–water partition coefficient (Wildman–Crippen LogP) is 2.22. The minimum absolute atomic E-state index is 0.0203. The van der Waals surface area contributed by atoms with Gasteiger partial charge in [0.25, 0.3) is 11.9 Å². The monoisotopic (exact) mass is 321 g/mol. The molecule has 19 heavy (non-hydrogen) atoms. The van der Waals surface area contributed by atoms with Gasteiger partial charge in [0.05, 0.1) is 17.8 Å². The predicted molar refractivity (Wildman–Crippen MR) is 73.5 cm³/mol. The standard InChI is InChI=1S/C13H12BrN3O2/c14-9-4-2-1-3-8(9)12(18)17-6-5-10-11(7-17)19-13(15)16-10/h1-4H,5-7H2,(H2,15,16). The van der Waals surface area contributed by atoms with E-state index in [1.54, 1.807) is 11.0 Å². The van der Waals surface area contributed by atoms with E-state index in [2.05, 4.69) is 20.9 Å². The Morgan fingerprint density at radius 3 is 3.00 bits per heavy atom. The van der Waals surface area contributed by atoms with Crippen molar-refractivity contribution < 1.29 is 9.21 Å². The molecule has 0 spiro atoms. The van der Waals surface area contributed by atoms with Crippen LogP contribution in [-0.4, -0.2) is 22.3 Å². The lowest BCUT2D eigenvalue weighted by atomic mass is 10.1. The Balaban J connectivity index is 1.85. The first-order valence-corrected chi connectivity index (χ1v) is 6.72. The topological polar surface area (TPSA) is 72.4 Å². The van der Waals surface area contributed by atoms with Crippen LogP contribution in [-0.2, 0) is 13.0 Å². The third-order valence-corrected chi connectivity index (χ3v) is 3.83. The van der Waals surface area contributed by atoms with Gasteiger partial charge in [0.1, 0.15) is 5.76 Å². The van der Waals surface area contributed by atoms with Gasteiger partial charge in [0, 0.05) is 17.4 Å². The second kappa shape index (κ2) is 4.70. The molecule has 1 aromatic carbocycles. The van der Waals surface area contributed by atoms with Gasteiger partial charge >= 0.3 is 0 Å². The maximum absolute atomic E-state index is 12.4. The fourth-order valence-corrected chi connectivity index (χ4v) is 2.65. The van der Waals surface area contributed by atoms with Crippen LogP contribution in [0.4, 0.5) is 6.01 Å². The molecule has 0 unspecified atom stereocenters. The molecule has 2 aromatic rings. The summed E-state index contributed by atoms with van der Waals surface area (Å²) in [5.74, 6) is 0.664. The zero-order chi connectivity index (χ0) is 13.4. The third kappa shape index (κ3) is 2.23. The van der Waals surface area contributed by atoms with E-state index in [-0.39, 0.29) is 11.9 Å². The lowest BCUT2D eigenvalue weighted by Crippen LogP contribution is -2.35. The second-order valence-electron chi connectivity index (χ2n) is 4.38. The highest BCUT2D eigenvalue weighted by molar-refractivity contribution is 9.10. The van der Waals surface area contributed by atoms with Crippen LogP contribution >= 0.6 is 15.9 Å². The normalized spacial score (nSPS) is 14.3. The minimum Gasteiger partial charge on any atom is -0.427 e. The van der Waals surface area contributed by atoms with Crippen molar-refractivity contribution in [3.63, 3.8) is 0 Å². The van der Waals surface area contributed by atoms with E-state index in [0.717, 1.165) is 10.2 Å². The van der Waals surface area contributed by atoms with Crippen molar-refractivity contribution in [2.24, 2.45) is 0 Å². The van der Waals surface area contributed by atoms with E-state index in [9.17, 15) is 4.79 Å².